The Kier molecular flexibility index (Phi) is 4.16. The van der Waals surface area contributed by atoms with Gasteiger partial charge < -0.3 is 19.8 Å². The number of carbonyl (C=O) groups is 1. The van der Waals surface area contributed by atoms with Gasteiger partial charge in [0.15, 0.2) is 0 Å². The molecule has 23 heavy (non-hydrogen) atoms. The van der Waals surface area contributed by atoms with E-state index < -0.39 is 17.3 Å². The van der Waals surface area contributed by atoms with Crippen molar-refractivity contribution < 1.29 is 19.7 Å². The van der Waals surface area contributed by atoms with E-state index in [0.717, 1.165) is 5.56 Å². The summed E-state index contributed by atoms with van der Waals surface area (Å²) in [6, 6.07) is 1.82. The number of ether oxygens (including phenoxy) is 1. The van der Waals surface area contributed by atoms with Crippen molar-refractivity contribution in [2.45, 2.75) is 50.4 Å². The lowest BCUT2D eigenvalue weighted by atomic mass is 9.75. The molecule has 0 bridgehead atoms. The maximum Gasteiger partial charge on any atom is 0.255 e. The van der Waals surface area contributed by atoms with Gasteiger partial charge in [-0.15, -0.1) is 0 Å². The van der Waals surface area contributed by atoms with Crippen molar-refractivity contribution in [3.8, 4) is 0 Å². The fourth-order valence-electron chi connectivity index (χ4n) is 3.61. The van der Waals surface area contributed by atoms with Crippen LogP contribution in [0.4, 0.5) is 0 Å². The van der Waals surface area contributed by atoms with Gasteiger partial charge in [0.1, 0.15) is 11.7 Å². The van der Waals surface area contributed by atoms with Crippen LogP contribution in [0, 0.1) is 6.92 Å². The number of likely N-dealkylation sites (tertiary alicyclic amines) is 1. The van der Waals surface area contributed by atoms with Gasteiger partial charge in [-0.2, -0.15) is 0 Å². The highest BCUT2D eigenvalue weighted by Crippen LogP contribution is 2.40. The molecule has 3 rings (SSSR count). The maximum absolute atomic E-state index is 12.6. The zero-order valence-electron chi connectivity index (χ0n) is 13.7. The number of carbonyl (C=O) groups excluding carboxylic acids is 1. The second-order valence-corrected chi connectivity index (χ2v) is 6.91. The average Bonchev–Trinajstić information content (AvgIpc) is 2.53. The van der Waals surface area contributed by atoms with Gasteiger partial charge in [-0.25, -0.2) is 0 Å². The molecule has 0 aromatic carbocycles. The van der Waals surface area contributed by atoms with Crippen molar-refractivity contribution in [1.82, 2.24) is 9.88 Å². The number of rotatable bonds is 1. The first-order chi connectivity index (χ1) is 10.9. The molecule has 0 aliphatic carbocycles. The van der Waals surface area contributed by atoms with Crippen molar-refractivity contribution in [2.75, 3.05) is 19.7 Å². The summed E-state index contributed by atoms with van der Waals surface area (Å²) in [4.78, 5) is 18.4. The van der Waals surface area contributed by atoms with Crippen LogP contribution in [0.1, 0.15) is 42.1 Å². The van der Waals surface area contributed by atoms with Gasteiger partial charge in [0.2, 0.25) is 0 Å². The van der Waals surface area contributed by atoms with Gasteiger partial charge in [0.05, 0.1) is 17.8 Å². The molecule has 126 valence electrons. The van der Waals surface area contributed by atoms with Crippen molar-refractivity contribution >= 4 is 5.91 Å². The van der Waals surface area contributed by atoms with Crippen LogP contribution < -0.4 is 0 Å². The van der Waals surface area contributed by atoms with Crippen molar-refractivity contribution in [1.29, 1.82) is 0 Å². The van der Waals surface area contributed by atoms with E-state index in [-0.39, 0.29) is 5.91 Å². The Hall–Kier alpha value is -1.50. The molecule has 0 radical (unpaired) electrons. The van der Waals surface area contributed by atoms with E-state index in [9.17, 15) is 15.0 Å². The van der Waals surface area contributed by atoms with Crippen LogP contribution in [-0.2, 0) is 4.74 Å². The largest absolute Gasteiger partial charge is 0.387 e. The summed E-state index contributed by atoms with van der Waals surface area (Å²) in [7, 11) is 0. The zero-order chi connectivity index (χ0) is 16.7. The molecule has 2 N–H and O–H groups in total. The van der Waals surface area contributed by atoms with E-state index in [4.69, 9.17) is 4.74 Å². The van der Waals surface area contributed by atoms with Crippen molar-refractivity contribution in [2.24, 2.45) is 0 Å². The van der Waals surface area contributed by atoms with Crippen LogP contribution >= 0.6 is 0 Å². The summed E-state index contributed by atoms with van der Waals surface area (Å²) >= 11 is 0. The number of aliphatic hydroxyl groups excluding tert-OH is 1. The molecule has 6 heteroatoms. The molecule has 1 amide bonds. The Morgan fingerprint density at radius 2 is 2.09 bits per heavy atom. The molecular formula is C17H24N2O4. The fourth-order valence-corrected chi connectivity index (χ4v) is 3.61. The standard InChI is InChI=1S/C17H24N2O4/c1-12-3-7-18-11-13(12)14(20)19-8-4-17(5-9-19)15(21)16(2,22)6-10-23-17/h3,7,11,15,21-22H,4-6,8-10H2,1-2H3/t15-,16+/m0/s1. The zero-order valence-corrected chi connectivity index (χ0v) is 13.7. The van der Waals surface area contributed by atoms with Gasteiger partial charge in [0.25, 0.3) is 5.91 Å². The lowest BCUT2D eigenvalue weighted by molar-refractivity contribution is -0.244. The van der Waals surface area contributed by atoms with E-state index in [1.54, 1.807) is 24.2 Å². The Bertz CT molecular complexity index is 594. The average molecular weight is 320 g/mol. The second-order valence-electron chi connectivity index (χ2n) is 6.91. The minimum Gasteiger partial charge on any atom is -0.387 e. The molecule has 0 saturated carbocycles. The summed E-state index contributed by atoms with van der Waals surface area (Å²) in [5, 5.41) is 20.8. The maximum atomic E-state index is 12.6. The van der Waals surface area contributed by atoms with Crippen LogP contribution in [-0.4, -0.2) is 63.0 Å². The molecule has 2 aliphatic rings. The number of amides is 1. The third-order valence-corrected chi connectivity index (χ3v) is 5.25. The van der Waals surface area contributed by atoms with Crippen LogP contribution in [0.3, 0.4) is 0 Å². The number of aliphatic hydroxyl groups is 2. The van der Waals surface area contributed by atoms with Gasteiger partial charge >= 0.3 is 0 Å². The number of hydrogen-bond acceptors (Lipinski definition) is 5. The van der Waals surface area contributed by atoms with E-state index in [0.29, 0.717) is 44.5 Å². The summed E-state index contributed by atoms with van der Waals surface area (Å²) in [5.74, 6) is -0.0393. The Morgan fingerprint density at radius 1 is 1.39 bits per heavy atom. The number of hydrogen-bond donors (Lipinski definition) is 2. The lowest BCUT2D eigenvalue weighted by Crippen LogP contribution is -2.64. The Balaban J connectivity index is 1.71. The van der Waals surface area contributed by atoms with Crippen molar-refractivity contribution in [3.63, 3.8) is 0 Å². The predicted octanol–water partition coefficient (Wildman–Crippen LogP) is 0.897. The quantitative estimate of drug-likeness (QED) is 0.803. The topological polar surface area (TPSA) is 82.9 Å². The van der Waals surface area contributed by atoms with Gasteiger partial charge in [-0.05, 0) is 38.3 Å². The number of piperidine rings is 1. The first-order valence-electron chi connectivity index (χ1n) is 8.10. The van der Waals surface area contributed by atoms with E-state index in [1.807, 2.05) is 13.0 Å². The van der Waals surface area contributed by atoms with Gasteiger partial charge in [0, 0.05) is 31.9 Å². The van der Waals surface area contributed by atoms with Gasteiger partial charge in [-0.3, -0.25) is 9.78 Å². The summed E-state index contributed by atoms with van der Waals surface area (Å²) in [6.07, 6.45) is 3.81. The van der Waals surface area contributed by atoms with E-state index >= 15 is 0 Å². The molecule has 2 aliphatic heterocycles. The summed E-state index contributed by atoms with van der Waals surface area (Å²) < 4.78 is 5.85. The highest BCUT2D eigenvalue weighted by molar-refractivity contribution is 5.95. The Morgan fingerprint density at radius 3 is 2.74 bits per heavy atom. The molecule has 6 nitrogen and oxygen atoms in total. The highest BCUT2D eigenvalue weighted by Gasteiger charge is 2.52. The number of aromatic nitrogens is 1. The third-order valence-electron chi connectivity index (χ3n) is 5.25. The smallest absolute Gasteiger partial charge is 0.255 e. The molecule has 1 aromatic rings. The number of nitrogens with zero attached hydrogens (tertiary/aromatic N) is 2. The van der Waals surface area contributed by atoms with E-state index in [1.165, 1.54) is 0 Å². The second kappa shape index (κ2) is 5.85. The minimum atomic E-state index is -1.13. The first-order valence-corrected chi connectivity index (χ1v) is 8.10. The molecule has 2 atom stereocenters. The number of aryl methyl sites for hydroxylation is 1. The normalized spacial score (nSPS) is 30.4. The lowest BCUT2D eigenvalue weighted by Gasteiger charge is -2.51. The molecule has 1 spiro atoms. The monoisotopic (exact) mass is 320 g/mol. The predicted molar refractivity (Wildman–Crippen MR) is 84.0 cm³/mol. The van der Waals surface area contributed by atoms with Crippen LogP contribution in [0.25, 0.3) is 0 Å². The minimum absolute atomic E-state index is 0.0393. The molecule has 3 heterocycles. The molecular weight excluding hydrogens is 296 g/mol. The molecule has 1 aromatic heterocycles. The summed E-state index contributed by atoms with van der Waals surface area (Å²) in [5.41, 5.74) is -0.366. The first kappa shape index (κ1) is 16.4. The molecule has 2 saturated heterocycles. The third kappa shape index (κ3) is 2.86. The molecule has 2 fully saturated rings. The van der Waals surface area contributed by atoms with Crippen LogP contribution in [0.5, 0.6) is 0 Å². The SMILES string of the molecule is Cc1ccncc1C(=O)N1CCC2(CC1)OCC[C@@](C)(O)[C@@H]2O. The van der Waals surface area contributed by atoms with E-state index in [2.05, 4.69) is 4.98 Å². The highest BCUT2D eigenvalue weighted by atomic mass is 16.5. The van der Waals surface area contributed by atoms with Gasteiger partial charge in [-0.1, -0.05) is 0 Å². The Labute approximate surface area is 136 Å². The van der Waals surface area contributed by atoms with Crippen LogP contribution in [0.15, 0.2) is 18.5 Å². The van der Waals surface area contributed by atoms with Crippen LogP contribution in [0.2, 0.25) is 0 Å². The number of pyridine rings is 1. The van der Waals surface area contributed by atoms with Crippen molar-refractivity contribution in [3.05, 3.63) is 29.6 Å². The fraction of sp³-hybridized carbons (Fsp3) is 0.647. The molecule has 0 unspecified atom stereocenters. The summed E-state index contributed by atoms with van der Waals surface area (Å²) in [6.45, 7) is 4.98.